The first-order valence-corrected chi connectivity index (χ1v) is 11.8. The third kappa shape index (κ3) is 6.63. The fraction of sp³-hybridized carbons (Fsp3) is 0.346. The normalized spacial score (nSPS) is 14.9. The number of morpholine rings is 1. The first kappa shape index (κ1) is 27.2. The number of rotatable bonds is 8. The van der Waals surface area contributed by atoms with Crippen LogP contribution < -0.4 is 11.1 Å². The maximum absolute atomic E-state index is 12.8. The van der Waals surface area contributed by atoms with E-state index in [-0.39, 0.29) is 36.1 Å². The van der Waals surface area contributed by atoms with E-state index in [9.17, 15) is 9.59 Å². The minimum absolute atomic E-state index is 0. The molecule has 0 aliphatic carbocycles. The number of ether oxygens (including phenoxy) is 1. The molecule has 3 heterocycles. The summed E-state index contributed by atoms with van der Waals surface area (Å²) in [6, 6.07) is 11.6. The van der Waals surface area contributed by atoms with Crippen LogP contribution in [0.4, 0.5) is 5.82 Å². The Morgan fingerprint density at radius 3 is 2.78 bits per heavy atom. The van der Waals surface area contributed by atoms with Crippen LogP contribution in [0.15, 0.2) is 48.7 Å². The van der Waals surface area contributed by atoms with Crippen LogP contribution in [0.5, 0.6) is 0 Å². The van der Waals surface area contributed by atoms with E-state index < -0.39 is 0 Å². The number of hydrogen-bond donors (Lipinski definition) is 3. The van der Waals surface area contributed by atoms with E-state index in [1.54, 1.807) is 30.3 Å². The SMILES string of the molecule is CC(c1cc2ccccc2[nH]1)N(C)C(=O)C=Cc1cnc(N)c(C(=O)NCCN2CCOCC2)c1.Cl. The number of carbonyl (C=O) groups excluding carboxylic acids is 2. The van der Waals surface area contributed by atoms with Gasteiger partial charge in [0.05, 0.1) is 24.8 Å². The van der Waals surface area contributed by atoms with Crippen LogP contribution in [0.25, 0.3) is 17.0 Å². The minimum Gasteiger partial charge on any atom is -0.383 e. The topological polar surface area (TPSA) is 117 Å². The van der Waals surface area contributed by atoms with Gasteiger partial charge in [0.1, 0.15) is 5.82 Å². The van der Waals surface area contributed by atoms with Gasteiger partial charge in [-0.1, -0.05) is 18.2 Å². The average molecular weight is 513 g/mol. The molecule has 0 spiro atoms. The lowest BCUT2D eigenvalue weighted by molar-refractivity contribution is -0.126. The Morgan fingerprint density at radius 2 is 2.03 bits per heavy atom. The number of H-pyrrole nitrogens is 1. The molecule has 1 aliphatic rings. The molecule has 3 aromatic rings. The maximum atomic E-state index is 12.8. The summed E-state index contributed by atoms with van der Waals surface area (Å²) in [7, 11) is 1.76. The number of aromatic nitrogens is 2. The molecule has 36 heavy (non-hydrogen) atoms. The van der Waals surface area contributed by atoms with E-state index in [4.69, 9.17) is 10.5 Å². The minimum atomic E-state index is -0.283. The van der Waals surface area contributed by atoms with Crippen molar-refractivity contribution in [3.05, 3.63) is 65.5 Å². The molecule has 0 bridgehead atoms. The van der Waals surface area contributed by atoms with Crippen LogP contribution in [0.3, 0.4) is 0 Å². The smallest absolute Gasteiger partial charge is 0.255 e. The van der Waals surface area contributed by atoms with Crippen molar-refractivity contribution in [1.29, 1.82) is 0 Å². The summed E-state index contributed by atoms with van der Waals surface area (Å²) in [5.74, 6) is -0.291. The molecule has 1 saturated heterocycles. The van der Waals surface area contributed by atoms with Crippen molar-refractivity contribution in [2.75, 3.05) is 52.2 Å². The highest BCUT2D eigenvalue weighted by Crippen LogP contribution is 2.23. The summed E-state index contributed by atoms with van der Waals surface area (Å²) in [5, 5.41) is 4.00. The first-order valence-electron chi connectivity index (χ1n) is 11.8. The molecule has 4 N–H and O–H groups in total. The Hall–Kier alpha value is -3.40. The van der Waals surface area contributed by atoms with E-state index >= 15 is 0 Å². The van der Waals surface area contributed by atoms with Gasteiger partial charge in [0.2, 0.25) is 5.91 Å². The number of likely N-dealkylation sites (N-methyl/N-ethyl adjacent to an activating group) is 1. The van der Waals surface area contributed by atoms with Gasteiger partial charge in [-0.2, -0.15) is 0 Å². The number of benzene rings is 1. The molecule has 1 atom stereocenters. The summed E-state index contributed by atoms with van der Waals surface area (Å²) in [6.07, 6.45) is 4.67. The van der Waals surface area contributed by atoms with Crippen molar-refractivity contribution in [2.24, 2.45) is 0 Å². The number of nitrogens with one attached hydrogen (secondary N) is 2. The molecule has 2 aromatic heterocycles. The summed E-state index contributed by atoms with van der Waals surface area (Å²) in [4.78, 5) is 36.9. The number of hydrogen-bond acceptors (Lipinski definition) is 6. The zero-order chi connectivity index (χ0) is 24.8. The van der Waals surface area contributed by atoms with Gasteiger partial charge in [-0.25, -0.2) is 4.98 Å². The number of nitrogens with two attached hydrogens (primary N) is 1. The number of nitrogen functional groups attached to an aromatic ring is 1. The zero-order valence-corrected chi connectivity index (χ0v) is 21.4. The first-order chi connectivity index (χ1) is 16.9. The van der Waals surface area contributed by atoms with Crippen molar-refractivity contribution >= 4 is 47.0 Å². The van der Waals surface area contributed by atoms with Crippen LogP contribution in [0.1, 0.15) is 34.6 Å². The molecule has 0 saturated carbocycles. The maximum Gasteiger partial charge on any atom is 0.255 e. The Morgan fingerprint density at radius 1 is 1.28 bits per heavy atom. The molecular weight excluding hydrogens is 480 g/mol. The average Bonchev–Trinajstić information content (AvgIpc) is 3.32. The van der Waals surface area contributed by atoms with E-state index in [1.807, 2.05) is 31.2 Å². The summed E-state index contributed by atoms with van der Waals surface area (Å²) < 4.78 is 5.34. The van der Waals surface area contributed by atoms with Crippen molar-refractivity contribution in [1.82, 2.24) is 25.1 Å². The van der Waals surface area contributed by atoms with Crippen molar-refractivity contribution < 1.29 is 14.3 Å². The number of carbonyl (C=O) groups is 2. The van der Waals surface area contributed by atoms with Gasteiger partial charge in [0.15, 0.2) is 0 Å². The van der Waals surface area contributed by atoms with Crippen molar-refractivity contribution in [3.8, 4) is 0 Å². The van der Waals surface area contributed by atoms with Gasteiger partial charge in [-0.3, -0.25) is 14.5 Å². The van der Waals surface area contributed by atoms with E-state index in [0.717, 1.165) is 36.2 Å². The fourth-order valence-corrected chi connectivity index (χ4v) is 4.02. The number of halogens is 1. The second-order valence-corrected chi connectivity index (χ2v) is 8.68. The lowest BCUT2D eigenvalue weighted by Gasteiger charge is -2.26. The Labute approximate surface area is 217 Å². The van der Waals surface area contributed by atoms with Gasteiger partial charge in [0, 0.05) is 56.7 Å². The second kappa shape index (κ2) is 12.5. The third-order valence-electron chi connectivity index (χ3n) is 6.35. The largest absolute Gasteiger partial charge is 0.383 e. The lowest BCUT2D eigenvalue weighted by Crippen LogP contribution is -2.41. The van der Waals surface area contributed by atoms with Gasteiger partial charge in [0.25, 0.3) is 5.91 Å². The van der Waals surface area contributed by atoms with Gasteiger partial charge in [-0.15, -0.1) is 12.4 Å². The molecule has 2 amide bonds. The monoisotopic (exact) mass is 512 g/mol. The number of pyridine rings is 1. The van der Waals surface area contributed by atoms with Crippen molar-refractivity contribution in [2.45, 2.75) is 13.0 Å². The number of nitrogens with zero attached hydrogens (tertiary/aromatic N) is 3. The Bertz CT molecular complexity index is 1190. The number of para-hydroxylation sites is 1. The number of anilines is 1. The summed E-state index contributed by atoms with van der Waals surface area (Å²) >= 11 is 0. The predicted octanol–water partition coefficient (Wildman–Crippen LogP) is 2.86. The Kier molecular flexibility index (Phi) is 9.46. The molecule has 9 nitrogen and oxygen atoms in total. The van der Waals surface area contributed by atoms with Crippen LogP contribution in [0, 0.1) is 0 Å². The second-order valence-electron chi connectivity index (χ2n) is 8.68. The van der Waals surface area contributed by atoms with E-state index in [2.05, 4.69) is 26.3 Å². The van der Waals surface area contributed by atoms with Gasteiger partial charge < -0.3 is 25.7 Å². The molecule has 4 rings (SSSR count). The molecule has 192 valence electrons. The lowest BCUT2D eigenvalue weighted by atomic mass is 10.1. The molecule has 1 unspecified atom stereocenters. The standard InChI is InChI=1S/C26H32N6O3.ClH/c1-18(23-16-20-5-3-4-6-22(20)30-23)31(2)24(33)8-7-19-15-21(25(27)29-17-19)26(34)28-9-10-32-11-13-35-14-12-32;/h3-8,15-18,30H,9-14H2,1-2H3,(H2,27,29)(H,28,34);1H. The Balaban J connectivity index is 0.00000361. The molecule has 10 heteroatoms. The van der Waals surface area contributed by atoms with Gasteiger partial charge >= 0.3 is 0 Å². The number of fused-ring (bicyclic) bond motifs is 1. The molecule has 0 radical (unpaired) electrons. The van der Waals surface area contributed by atoms with Crippen LogP contribution in [-0.4, -0.2) is 78.0 Å². The highest BCUT2D eigenvalue weighted by Gasteiger charge is 2.18. The van der Waals surface area contributed by atoms with Crippen LogP contribution in [-0.2, 0) is 9.53 Å². The fourth-order valence-electron chi connectivity index (χ4n) is 4.02. The zero-order valence-electron chi connectivity index (χ0n) is 20.6. The third-order valence-corrected chi connectivity index (χ3v) is 6.35. The van der Waals surface area contributed by atoms with Crippen LogP contribution in [0.2, 0.25) is 0 Å². The quantitative estimate of drug-likeness (QED) is 0.400. The highest BCUT2D eigenvalue weighted by molar-refractivity contribution is 5.99. The predicted molar refractivity (Wildman–Crippen MR) is 144 cm³/mol. The molecular formula is C26H33ClN6O3. The molecule has 1 aromatic carbocycles. The molecule has 1 aliphatic heterocycles. The van der Waals surface area contributed by atoms with Crippen LogP contribution >= 0.6 is 12.4 Å². The summed E-state index contributed by atoms with van der Waals surface area (Å²) in [6.45, 7) is 6.38. The molecule has 1 fully saturated rings. The van der Waals surface area contributed by atoms with E-state index in [1.165, 1.54) is 6.08 Å². The van der Waals surface area contributed by atoms with E-state index in [0.29, 0.717) is 30.9 Å². The van der Waals surface area contributed by atoms with Crippen molar-refractivity contribution in [3.63, 3.8) is 0 Å². The summed E-state index contributed by atoms with van der Waals surface area (Å²) in [5.41, 5.74) is 8.85. The number of aromatic amines is 1. The number of amides is 2. The highest BCUT2D eigenvalue weighted by atomic mass is 35.5. The van der Waals surface area contributed by atoms with Gasteiger partial charge in [-0.05, 0) is 42.1 Å².